The molecule has 0 saturated carbocycles. The summed E-state index contributed by atoms with van der Waals surface area (Å²) in [5.74, 6) is 1.97. The number of nitrogens with zero attached hydrogens (tertiary/aromatic N) is 2. The maximum atomic E-state index is 12.1. The van der Waals surface area contributed by atoms with Crippen LogP contribution in [0.25, 0.3) is 0 Å². The molecule has 134 valence electrons. The third-order valence-electron chi connectivity index (χ3n) is 3.67. The molecule has 2 aromatic rings. The Hall–Kier alpha value is -2.42. The Kier molecular flexibility index (Phi) is 5.32. The number of hydrogen-bond acceptors (Lipinski definition) is 7. The van der Waals surface area contributed by atoms with E-state index in [9.17, 15) is 4.79 Å². The van der Waals surface area contributed by atoms with Gasteiger partial charge in [0.15, 0.2) is 0 Å². The number of nitrogen functional groups attached to an aromatic ring is 1. The van der Waals surface area contributed by atoms with Crippen molar-refractivity contribution in [3.63, 3.8) is 0 Å². The van der Waals surface area contributed by atoms with Crippen LogP contribution in [0.3, 0.4) is 0 Å². The third-order valence-corrected chi connectivity index (χ3v) is 4.52. The minimum Gasteiger partial charge on any atom is -0.494 e. The lowest BCUT2D eigenvalue weighted by molar-refractivity contribution is -0.118. The molecule has 1 atom stereocenters. The highest BCUT2D eigenvalue weighted by Gasteiger charge is 2.22. The zero-order valence-electron chi connectivity index (χ0n) is 14.2. The zero-order chi connectivity index (χ0) is 17.8. The predicted molar refractivity (Wildman–Crippen MR) is 94.8 cm³/mol. The van der Waals surface area contributed by atoms with Gasteiger partial charge in [-0.05, 0) is 26.0 Å². The molecule has 0 radical (unpaired) electrons. The average Bonchev–Trinajstić information content (AvgIpc) is 3.15. The Bertz CT molecular complexity index is 764. The van der Waals surface area contributed by atoms with Gasteiger partial charge in [-0.1, -0.05) is 11.8 Å². The van der Waals surface area contributed by atoms with Gasteiger partial charge in [-0.15, -0.1) is 5.10 Å². The average molecular weight is 363 g/mol. The molecular weight excluding hydrogens is 342 g/mol. The second kappa shape index (κ2) is 7.64. The van der Waals surface area contributed by atoms with Gasteiger partial charge in [0.05, 0.1) is 12.4 Å². The van der Waals surface area contributed by atoms with Crippen molar-refractivity contribution in [3.05, 3.63) is 23.3 Å². The maximum absolute atomic E-state index is 12.1. The van der Waals surface area contributed by atoms with Gasteiger partial charge in [0.1, 0.15) is 17.6 Å². The first-order valence-electron chi connectivity index (χ1n) is 8.07. The van der Waals surface area contributed by atoms with Crippen LogP contribution in [-0.4, -0.2) is 39.6 Å². The van der Waals surface area contributed by atoms with E-state index in [1.54, 1.807) is 0 Å². The van der Waals surface area contributed by atoms with Crippen molar-refractivity contribution in [1.29, 1.82) is 0 Å². The molecule has 0 bridgehead atoms. The first-order chi connectivity index (χ1) is 12.0. The second-order valence-corrected chi connectivity index (χ2v) is 6.64. The summed E-state index contributed by atoms with van der Waals surface area (Å²) in [4.78, 5) is 16.0. The van der Waals surface area contributed by atoms with E-state index < -0.39 is 0 Å². The van der Waals surface area contributed by atoms with Gasteiger partial charge in [0.25, 0.3) is 0 Å². The van der Waals surface area contributed by atoms with E-state index in [4.69, 9.17) is 15.2 Å². The van der Waals surface area contributed by atoms with Crippen molar-refractivity contribution in [2.24, 2.45) is 0 Å². The first kappa shape index (κ1) is 17.4. The molecule has 0 unspecified atom stereocenters. The molecule has 4 N–H and O–H groups in total. The monoisotopic (exact) mass is 363 g/mol. The molecule has 0 saturated heterocycles. The molecule has 9 heteroatoms. The lowest BCUT2D eigenvalue weighted by atomic mass is 10.1. The van der Waals surface area contributed by atoms with E-state index in [0.717, 1.165) is 29.0 Å². The second-order valence-electron chi connectivity index (χ2n) is 5.70. The summed E-state index contributed by atoms with van der Waals surface area (Å²) in [7, 11) is 0. The number of hydrogen-bond donors (Lipinski definition) is 3. The van der Waals surface area contributed by atoms with Crippen molar-refractivity contribution in [2.75, 3.05) is 18.1 Å². The van der Waals surface area contributed by atoms with Crippen LogP contribution < -0.4 is 20.5 Å². The number of carbonyl (C=O) groups excluding carboxylic acids is 1. The molecule has 0 aliphatic carbocycles. The number of aromatic nitrogens is 3. The Labute approximate surface area is 149 Å². The fraction of sp³-hybridized carbons (Fsp3) is 0.438. The van der Waals surface area contributed by atoms with E-state index >= 15 is 0 Å². The van der Waals surface area contributed by atoms with E-state index in [2.05, 4.69) is 20.5 Å². The van der Waals surface area contributed by atoms with E-state index in [1.165, 1.54) is 11.8 Å². The highest BCUT2D eigenvalue weighted by molar-refractivity contribution is 7.99. The molecule has 0 spiro atoms. The minimum absolute atomic E-state index is 0.120. The van der Waals surface area contributed by atoms with Crippen LogP contribution in [-0.2, 0) is 17.8 Å². The molecule has 8 nitrogen and oxygen atoms in total. The Morgan fingerprint density at radius 3 is 3.12 bits per heavy atom. The number of H-pyrrole nitrogens is 1. The number of rotatable bonds is 7. The number of benzene rings is 1. The molecule has 1 amide bonds. The Morgan fingerprint density at radius 2 is 2.40 bits per heavy atom. The van der Waals surface area contributed by atoms with Crippen LogP contribution in [0.5, 0.6) is 11.5 Å². The van der Waals surface area contributed by atoms with Gasteiger partial charge in [-0.3, -0.25) is 4.79 Å². The standard InChI is InChI=1S/C16H21N5O3S/c1-3-23-12-5-10-4-9(2)24-13(10)6-11(12)7-18-14(22)8-25-16-19-15(17)20-21-16/h5-6,9H,3-4,7-8H2,1-2H3,(H,18,22)(H3,17,19,20,21)/t9-/m0/s1. The van der Waals surface area contributed by atoms with Crippen LogP contribution in [0.15, 0.2) is 17.3 Å². The number of aromatic amines is 1. The fourth-order valence-electron chi connectivity index (χ4n) is 2.61. The van der Waals surface area contributed by atoms with Crippen molar-refractivity contribution < 1.29 is 14.3 Å². The van der Waals surface area contributed by atoms with Gasteiger partial charge in [-0.25, -0.2) is 5.10 Å². The van der Waals surface area contributed by atoms with Crippen molar-refractivity contribution in [2.45, 2.75) is 38.1 Å². The van der Waals surface area contributed by atoms with Gasteiger partial charge in [0.2, 0.25) is 17.0 Å². The number of fused-ring (bicyclic) bond motifs is 1. The SMILES string of the molecule is CCOc1cc2c(cc1CNC(=O)CSc1n[nH]c(N)n1)O[C@@H](C)C2. The Morgan fingerprint density at radius 1 is 1.56 bits per heavy atom. The summed E-state index contributed by atoms with van der Waals surface area (Å²) < 4.78 is 11.5. The van der Waals surface area contributed by atoms with Crippen LogP contribution >= 0.6 is 11.8 Å². The number of nitrogens with one attached hydrogen (secondary N) is 2. The zero-order valence-corrected chi connectivity index (χ0v) is 15.0. The van der Waals surface area contributed by atoms with Crippen molar-refractivity contribution in [3.8, 4) is 11.5 Å². The van der Waals surface area contributed by atoms with Crippen molar-refractivity contribution >= 4 is 23.6 Å². The molecule has 1 aliphatic heterocycles. The smallest absolute Gasteiger partial charge is 0.230 e. The van der Waals surface area contributed by atoms with Gasteiger partial charge in [-0.2, -0.15) is 4.98 Å². The normalized spacial score (nSPS) is 15.5. The molecule has 25 heavy (non-hydrogen) atoms. The predicted octanol–water partition coefficient (Wildman–Crippen LogP) is 1.52. The highest BCUT2D eigenvalue weighted by atomic mass is 32.2. The molecule has 3 rings (SSSR count). The summed E-state index contributed by atoms with van der Waals surface area (Å²) in [6.45, 7) is 4.91. The summed E-state index contributed by atoms with van der Waals surface area (Å²) in [6, 6.07) is 3.96. The minimum atomic E-state index is -0.120. The topological polar surface area (TPSA) is 115 Å². The number of anilines is 1. The largest absolute Gasteiger partial charge is 0.494 e. The summed E-state index contributed by atoms with van der Waals surface area (Å²) in [6.07, 6.45) is 1.04. The number of amides is 1. The first-order valence-corrected chi connectivity index (χ1v) is 9.06. The Balaban J connectivity index is 1.60. The number of nitrogens with two attached hydrogens (primary N) is 1. The van der Waals surface area contributed by atoms with Crippen LogP contribution in [0, 0.1) is 0 Å². The number of thioether (sulfide) groups is 1. The lowest BCUT2D eigenvalue weighted by Gasteiger charge is -2.13. The van der Waals surface area contributed by atoms with Gasteiger partial charge >= 0.3 is 0 Å². The van der Waals surface area contributed by atoms with Gasteiger partial charge < -0.3 is 20.5 Å². The van der Waals surface area contributed by atoms with E-state index in [0.29, 0.717) is 18.3 Å². The fourth-order valence-corrected chi connectivity index (χ4v) is 3.24. The number of carbonyl (C=O) groups is 1. The lowest BCUT2D eigenvalue weighted by Crippen LogP contribution is -2.25. The van der Waals surface area contributed by atoms with E-state index in [1.807, 2.05) is 26.0 Å². The molecule has 1 aromatic carbocycles. The van der Waals surface area contributed by atoms with E-state index in [-0.39, 0.29) is 23.7 Å². The summed E-state index contributed by atoms with van der Waals surface area (Å²) in [5, 5.41) is 9.74. The van der Waals surface area contributed by atoms with Crippen LogP contribution in [0.2, 0.25) is 0 Å². The van der Waals surface area contributed by atoms with Crippen LogP contribution in [0.4, 0.5) is 5.95 Å². The van der Waals surface area contributed by atoms with Crippen LogP contribution in [0.1, 0.15) is 25.0 Å². The molecule has 2 heterocycles. The molecule has 0 fully saturated rings. The van der Waals surface area contributed by atoms with Gasteiger partial charge in [0, 0.05) is 24.1 Å². The maximum Gasteiger partial charge on any atom is 0.230 e. The quantitative estimate of drug-likeness (QED) is 0.639. The third kappa shape index (κ3) is 4.36. The summed E-state index contributed by atoms with van der Waals surface area (Å²) >= 11 is 1.22. The molecule has 1 aliphatic rings. The molecular formula is C16H21N5O3S. The van der Waals surface area contributed by atoms with Crippen molar-refractivity contribution in [1.82, 2.24) is 20.5 Å². The summed E-state index contributed by atoms with van der Waals surface area (Å²) in [5.41, 5.74) is 7.49. The number of ether oxygens (including phenoxy) is 2. The highest BCUT2D eigenvalue weighted by Crippen LogP contribution is 2.35. The molecule has 1 aromatic heterocycles.